The average molecular weight is 301 g/mol. The summed E-state index contributed by atoms with van der Waals surface area (Å²) in [5, 5.41) is 12.2. The summed E-state index contributed by atoms with van der Waals surface area (Å²) in [4.78, 5) is 18.3. The molecule has 2 N–H and O–H groups in total. The fourth-order valence-corrected chi connectivity index (χ4v) is 2.70. The lowest BCUT2D eigenvalue weighted by Crippen LogP contribution is -2.40. The number of aliphatic hydroxyl groups excluding tert-OH is 1. The number of hydrogen-bond acceptors (Lipinski definition) is 4. The van der Waals surface area contributed by atoms with Gasteiger partial charge in [-0.05, 0) is 38.0 Å². The number of oxazole rings is 1. The van der Waals surface area contributed by atoms with E-state index in [0.29, 0.717) is 18.1 Å². The molecular formula is C16H19N3O3. The predicted octanol–water partition coefficient (Wildman–Crippen LogP) is 2.64. The fourth-order valence-electron chi connectivity index (χ4n) is 2.70. The Balaban J connectivity index is 1.74. The van der Waals surface area contributed by atoms with Crippen molar-refractivity contribution in [2.75, 3.05) is 18.5 Å². The largest absolute Gasteiger partial charge is 0.444 e. The molecule has 2 aromatic rings. The summed E-state index contributed by atoms with van der Waals surface area (Å²) in [7, 11) is 0. The molecule has 0 aliphatic carbocycles. The molecule has 6 heteroatoms. The number of carbonyl (C=O) groups is 1. The summed E-state index contributed by atoms with van der Waals surface area (Å²) in [6.07, 6.45) is 3.37. The number of aryl methyl sites for hydroxylation is 1. The third-order valence-electron chi connectivity index (χ3n) is 3.83. The molecule has 0 radical (unpaired) electrons. The molecule has 3 rings (SSSR count). The van der Waals surface area contributed by atoms with E-state index in [2.05, 4.69) is 10.3 Å². The van der Waals surface area contributed by atoms with E-state index in [9.17, 15) is 9.90 Å². The molecular weight excluding hydrogens is 282 g/mol. The average Bonchev–Trinajstić information content (AvgIpc) is 3.16. The van der Waals surface area contributed by atoms with Crippen LogP contribution in [0.5, 0.6) is 0 Å². The van der Waals surface area contributed by atoms with Gasteiger partial charge in [-0.3, -0.25) is 0 Å². The van der Waals surface area contributed by atoms with Crippen molar-refractivity contribution in [1.82, 2.24) is 9.88 Å². The number of benzene rings is 1. The zero-order chi connectivity index (χ0) is 15.5. The van der Waals surface area contributed by atoms with E-state index in [-0.39, 0.29) is 18.7 Å². The number of urea groups is 1. The Morgan fingerprint density at radius 3 is 3.14 bits per heavy atom. The number of rotatable bonds is 3. The minimum Gasteiger partial charge on any atom is -0.444 e. The molecule has 116 valence electrons. The van der Waals surface area contributed by atoms with E-state index in [1.54, 1.807) is 11.2 Å². The zero-order valence-electron chi connectivity index (χ0n) is 12.5. The molecule has 1 fully saturated rings. The van der Waals surface area contributed by atoms with Crippen LogP contribution in [0.25, 0.3) is 11.5 Å². The Kier molecular flexibility index (Phi) is 4.11. The summed E-state index contributed by atoms with van der Waals surface area (Å²) in [5.41, 5.74) is 2.31. The molecule has 2 amide bonds. The van der Waals surface area contributed by atoms with Gasteiger partial charge < -0.3 is 19.7 Å². The minimum absolute atomic E-state index is 0.00303. The van der Waals surface area contributed by atoms with Gasteiger partial charge in [0.1, 0.15) is 6.26 Å². The lowest BCUT2D eigenvalue weighted by molar-refractivity contribution is 0.166. The molecule has 1 aliphatic heterocycles. The smallest absolute Gasteiger partial charge is 0.322 e. The van der Waals surface area contributed by atoms with E-state index in [1.165, 1.54) is 0 Å². The second-order valence-corrected chi connectivity index (χ2v) is 5.48. The number of carbonyl (C=O) groups excluding carboxylic acids is 1. The second kappa shape index (κ2) is 6.19. The Bertz CT molecular complexity index is 668. The van der Waals surface area contributed by atoms with Crippen LogP contribution < -0.4 is 5.32 Å². The topological polar surface area (TPSA) is 78.6 Å². The molecule has 1 saturated heterocycles. The number of amides is 2. The van der Waals surface area contributed by atoms with Crippen molar-refractivity contribution in [1.29, 1.82) is 0 Å². The first-order valence-electron chi connectivity index (χ1n) is 7.38. The molecule has 0 bridgehead atoms. The van der Waals surface area contributed by atoms with Gasteiger partial charge in [0.25, 0.3) is 0 Å². The molecule has 0 spiro atoms. The van der Waals surface area contributed by atoms with Crippen LogP contribution in [-0.2, 0) is 0 Å². The first-order chi connectivity index (χ1) is 10.7. The van der Waals surface area contributed by atoms with Gasteiger partial charge in [0.05, 0.1) is 18.3 Å². The van der Waals surface area contributed by atoms with E-state index >= 15 is 0 Å². The Morgan fingerprint density at radius 1 is 1.55 bits per heavy atom. The van der Waals surface area contributed by atoms with Crippen LogP contribution in [0.1, 0.15) is 18.5 Å². The maximum atomic E-state index is 12.3. The van der Waals surface area contributed by atoms with Crippen LogP contribution >= 0.6 is 0 Å². The van der Waals surface area contributed by atoms with Crippen LogP contribution in [0, 0.1) is 6.92 Å². The third kappa shape index (κ3) is 2.96. The number of anilines is 1. The molecule has 6 nitrogen and oxygen atoms in total. The predicted molar refractivity (Wildman–Crippen MR) is 82.5 cm³/mol. The van der Waals surface area contributed by atoms with Gasteiger partial charge in [-0.2, -0.15) is 0 Å². The van der Waals surface area contributed by atoms with Crippen LogP contribution in [0.2, 0.25) is 0 Å². The molecule has 1 aromatic carbocycles. The molecule has 1 aliphatic rings. The van der Waals surface area contributed by atoms with E-state index in [4.69, 9.17) is 4.42 Å². The Morgan fingerprint density at radius 2 is 2.41 bits per heavy atom. The first-order valence-corrected chi connectivity index (χ1v) is 7.38. The number of hydrogen-bond donors (Lipinski definition) is 2. The highest BCUT2D eigenvalue weighted by Gasteiger charge is 2.28. The third-order valence-corrected chi connectivity index (χ3v) is 3.83. The molecule has 1 aromatic heterocycles. The number of aliphatic hydroxyl groups is 1. The molecule has 22 heavy (non-hydrogen) atoms. The van der Waals surface area contributed by atoms with Crippen LogP contribution in [0.15, 0.2) is 34.9 Å². The van der Waals surface area contributed by atoms with Gasteiger partial charge in [0.2, 0.25) is 5.89 Å². The van der Waals surface area contributed by atoms with Gasteiger partial charge >= 0.3 is 6.03 Å². The summed E-state index contributed by atoms with van der Waals surface area (Å²) in [6, 6.07) is 7.11. The van der Waals surface area contributed by atoms with Gasteiger partial charge in [-0.25, -0.2) is 9.78 Å². The quantitative estimate of drug-likeness (QED) is 0.913. The van der Waals surface area contributed by atoms with Crippen molar-refractivity contribution in [3.8, 4) is 11.5 Å². The monoisotopic (exact) mass is 301 g/mol. The summed E-state index contributed by atoms with van der Waals surface area (Å²) < 4.78 is 5.38. The molecule has 2 heterocycles. The summed E-state index contributed by atoms with van der Waals surface area (Å²) in [6.45, 7) is 2.54. The lowest BCUT2D eigenvalue weighted by atomic mass is 10.2. The van der Waals surface area contributed by atoms with Crippen molar-refractivity contribution >= 4 is 11.7 Å². The lowest BCUT2D eigenvalue weighted by Gasteiger charge is -2.23. The number of nitrogens with zero attached hydrogens (tertiary/aromatic N) is 2. The highest BCUT2D eigenvalue weighted by Crippen LogP contribution is 2.23. The van der Waals surface area contributed by atoms with E-state index in [0.717, 1.165) is 24.1 Å². The zero-order valence-corrected chi connectivity index (χ0v) is 12.5. The van der Waals surface area contributed by atoms with Gasteiger partial charge in [0, 0.05) is 17.8 Å². The van der Waals surface area contributed by atoms with Gasteiger partial charge in [-0.15, -0.1) is 0 Å². The van der Waals surface area contributed by atoms with Crippen LogP contribution in [-0.4, -0.2) is 40.2 Å². The van der Waals surface area contributed by atoms with Crippen molar-refractivity contribution in [3.63, 3.8) is 0 Å². The van der Waals surface area contributed by atoms with Gasteiger partial charge in [-0.1, -0.05) is 6.07 Å². The second-order valence-electron chi connectivity index (χ2n) is 5.48. The van der Waals surface area contributed by atoms with Gasteiger partial charge in [0.15, 0.2) is 0 Å². The molecule has 1 unspecified atom stereocenters. The maximum Gasteiger partial charge on any atom is 0.322 e. The number of aromatic nitrogens is 1. The summed E-state index contributed by atoms with van der Waals surface area (Å²) >= 11 is 0. The highest BCUT2D eigenvalue weighted by atomic mass is 16.3. The van der Waals surface area contributed by atoms with Crippen molar-refractivity contribution in [2.24, 2.45) is 0 Å². The van der Waals surface area contributed by atoms with Crippen LogP contribution in [0.4, 0.5) is 10.5 Å². The Labute approximate surface area is 128 Å². The number of likely N-dealkylation sites (tertiary alicyclic amines) is 1. The van der Waals surface area contributed by atoms with Crippen molar-refractivity contribution < 1.29 is 14.3 Å². The van der Waals surface area contributed by atoms with E-state index < -0.39 is 0 Å². The summed E-state index contributed by atoms with van der Waals surface area (Å²) in [5.74, 6) is 0.531. The van der Waals surface area contributed by atoms with E-state index in [1.807, 2.05) is 31.2 Å². The van der Waals surface area contributed by atoms with Crippen LogP contribution in [0.3, 0.4) is 0 Å². The first kappa shape index (κ1) is 14.6. The minimum atomic E-state index is -0.183. The molecule has 0 saturated carbocycles. The Hall–Kier alpha value is -2.34. The SMILES string of the molecule is Cc1coc(-c2cccc(NC(=O)N3CCCC3CO)c2)n1. The molecule has 1 atom stereocenters. The maximum absolute atomic E-state index is 12.3. The fraction of sp³-hybridized carbons (Fsp3) is 0.375. The number of nitrogens with one attached hydrogen (secondary N) is 1. The highest BCUT2D eigenvalue weighted by molar-refractivity contribution is 5.90. The normalized spacial score (nSPS) is 17.7. The standard InChI is InChI=1S/C16H19N3O3/c1-11-10-22-15(17-11)12-4-2-5-13(8-12)18-16(21)19-7-3-6-14(19)9-20/h2,4-5,8,10,14,20H,3,6-7,9H2,1H3,(H,18,21). The van der Waals surface area contributed by atoms with Crippen molar-refractivity contribution in [2.45, 2.75) is 25.8 Å². The van der Waals surface area contributed by atoms with Crippen molar-refractivity contribution in [3.05, 3.63) is 36.2 Å².